The predicted molar refractivity (Wildman–Crippen MR) is 114 cm³/mol. The van der Waals surface area contributed by atoms with Crippen molar-refractivity contribution in [2.75, 3.05) is 7.05 Å². The minimum Gasteiger partial charge on any atom is -0.465 e. The predicted octanol–water partition coefficient (Wildman–Crippen LogP) is 4.90. The van der Waals surface area contributed by atoms with Crippen LogP contribution in [0, 0.1) is 0 Å². The minimum absolute atomic E-state index is 0.125. The summed E-state index contributed by atoms with van der Waals surface area (Å²) in [6, 6.07) is 10.2. The van der Waals surface area contributed by atoms with E-state index in [9.17, 15) is 9.90 Å². The molecule has 1 saturated carbocycles. The summed E-state index contributed by atoms with van der Waals surface area (Å²) in [4.78, 5) is 21.5. The summed E-state index contributed by atoms with van der Waals surface area (Å²) >= 11 is 1.58. The number of thiophene rings is 1. The van der Waals surface area contributed by atoms with Crippen molar-refractivity contribution >= 4 is 39.9 Å². The Morgan fingerprint density at radius 3 is 2.75 bits per heavy atom. The summed E-state index contributed by atoms with van der Waals surface area (Å²) in [6.45, 7) is 0. The molecule has 0 aliphatic heterocycles. The maximum Gasteiger partial charge on any atom is 0.407 e. The Hall–Kier alpha value is -2.80. The SMILES string of the molecule is CN(C(=O)O)C1CCC(c2c[nH]c3cc(N=C(N)c4cccs4)ccc23)CC1. The van der Waals surface area contributed by atoms with Crippen molar-refractivity contribution in [1.29, 1.82) is 0 Å². The molecule has 3 aromatic rings. The van der Waals surface area contributed by atoms with Crippen molar-refractivity contribution in [1.82, 2.24) is 9.88 Å². The number of H-pyrrole nitrogens is 1. The van der Waals surface area contributed by atoms with Crippen LogP contribution in [0.4, 0.5) is 10.5 Å². The zero-order valence-corrected chi connectivity index (χ0v) is 16.6. The number of hydrogen-bond donors (Lipinski definition) is 3. The van der Waals surface area contributed by atoms with Crippen LogP contribution >= 0.6 is 11.3 Å². The van der Waals surface area contributed by atoms with E-state index in [1.54, 1.807) is 18.4 Å². The van der Waals surface area contributed by atoms with Crippen molar-refractivity contribution in [3.63, 3.8) is 0 Å². The average molecular weight is 397 g/mol. The van der Waals surface area contributed by atoms with Gasteiger partial charge in [0.25, 0.3) is 0 Å². The lowest BCUT2D eigenvalue weighted by Gasteiger charge is -2.33. The van der Waals surface area contributed by atoms with Gasteiger partial charge in [0.15, 0.2) is 0 Å². The van der Waals surface area contributed by atoms with E-state index in [0.29, 0.717) is 11.8 Å². The smallest absolute Gasteiger partial charge is 0.407 e. The number of aliphatic imine (C=N–C) groups is 1. The quantitative estimate of drug-likeness (QED) is 0.432. The Morgan fingerprint density at radius 2 is 2.07 bits per heavy atom. The number of fused-ring (bicyclic) bond motifs is 1. The number of benzene rings is 1. The molecule has 2 heterocycles. The van der Waals surface area contributed by atoms with Gasteiger partial charge in [0, 0.05) is 30.2 Å². The molecule has 0 bridgehead atoms. The van der Waals surface area contributed by atoms with Crippen LogP contribution in [0.1, 0.15) is 42.0 Å². The van der Waals surface area contributed by atoms with E-state index in [1.165, 1.54) is 15.8 Å². The van der Waals surface area contributed by atoms with E-state index in [0.717, 1.165) is 41.8 Å². The molecular weight excluding hydrogens is 372 g/mol. The van der Waals surface area contributed by atoms with Crippen LogP contribution in [-0.4, -0.2) is 40.0 Å². The molecule has 1 fully saturated rings. The first-order chi connectivity index (χ1) is 13.5. The third kappa shape index (κ3) is 3.62. The summed E-state index contributed by atoms with van der Waals surface area (Å²) in [6.07, 6.45) is 5.05. The topological polar surface area (TPSA) is 94.7 Å². The first-order valence-corrected chi connectivity index (χ1v) is 10.4. The van der Waals surface area contributed by atoms with Crippen LogP contribution in [0.3, 0.4) is 0 Å². The largest absolute Gasteiger partial charge is 0.465 e. The van der Waals surface area contributed by atoms with Gasteiger partial charge in [0.1, 0.15) is 5.84 Å². The number of aromatic nitrogens is 1. The molecule has 6 nitrogen and oxygen atoms in total. The highest BCUT2D eigenvalue weighted by Gasteiger charge is 2.28. The van der Waals surface area contributed by atoms with Crippen LogP contribution in [0.5, 0.6) is 0 Å². The zero-order chi connectivity index (χ0) is 19.7. The monoisotopic (exact) mass is 396 g/mol. The molecule has 1 amide bonds. The third-order valence-electron chi connectivity index (χ3n) is 5.71. The van der Waals surface area contributed by atoms with Crippen molar-refractivity contribution in [3.05, 3.63) is 52.3 Å². The number of rotatable bonds is 4. The van der Waals surface area contributed by atoms with E-state index >= 15 is 0 Å². The van der Waals surface area contributed by atoms with Gasteiger partial charge in [-0.1, -0.05) is 12.1 Å². The molecule has 1 aliphatic carbocycles. The molecule has 1 aromatic carbocycles. The molecule has 0 atom stereocenters. The van der Waals surface area contributed by atoms with Gasteiger partial charge in [-0.15, -0.1) is 11.3 Å². The molecule has 4 rings (SSSR count). The van der Waals surface area contributed by atoms with Gasteiger partial charge in [-0.25, -0.2) is 9.79 Å². The van der Waals surface area contributed by atoms with Gasteiger partial charge in [-0.2, -0.15) is 0 Å². The Labute approximate surface area is 167 Å². The number of amidine groups is 1. The van der Waals surface area contributed by atoms with Crippen LogP contribution in [-0.2, 0) is 0 Å². The lowest BCUT2D eigenvalue weighted by Crippen LogP contribution is -2.38. The minimum atomic E-state index is -0.842. The summed E-state index contributed by atoms with van der Waals surface area (Å²) in [5.74, 6) is 0.986. The number of aromatic amines is 1. The molecular formula is C21H24N4O2S. The lowest BCUT2D eigenvalue weighted by atomic mass is 9.81. The Balaban J connectivity index is 1.51. The van der Waals surface area contributed by atoms with Crippen LogP contribution in [0.15, 0.2) is 46.9 Å². The lowest BCUT2D eigenvalue weighted by molar-refractivity contribution is 0.124. The molecule has 0 saturated heterocycles. The van der Waals surface area contributed by atoms with Crippen molar-refractivity contribution in [3.8, 4) is 0 Å². The zero-order valence-electron chi connectivity index (χ0n) is 15.8. The molecule has 1 aliphatic rings. The molecule has 0 spiro atoms. The van der Waals surface area contributed by atoms with E-state index in [1.807, 2.05) is 29.6 Å². The van der Waals surface area contributed by atoms with Crippen LogP contribution in [0.2, 0.25) is 0 Å². The maximum atomic E-state index is 11.2. The number of nitrogens with one attached hydrogen (secondary N) is 1. The molecule has 146 valence electrons. The second kappa shape index (κ2) is 7.67. The summed E-state index contributed by atoms with van der Waals surface area (Å²) in [7, 11) is 1.67. The maximum absolute atomic E-state index is 11.2. The first kappa shape index (κ1) is 18.6. The number of hydrogen-bond acceptors (Lipinski definition) is 3. The number of amides is 1. The molecule has 0 unspecified atom stereocenters. The fraction of sp³-hybridized carbons (Fsp3) is 0.333. The second-order valence-electron chi connectivity index (χ2n) is 7.35. The van der Waals surface area contributed by atoms with Gasteiger partial charge in [-0.3, -0.25) is 0 Å². The normalized spacial score (nSPS) is 20.4. The molecule has 0 radical (unpaired) electrons. The highest BCUT2D eigenvalue weighted by Crippen LogP contribution is 2.38. The highest BCUT2D eigenvalue weighted by atomic mass is 32.1. The van der Waals surface area contributed by atoms with Crippen molar-refractivity contribution < 1.29 is 9.90 Å². The Morgan fingerprint density at radius 1 is 1.29 bits per heavy atom. The van der Waals surface area contributed by atoms with E-state index in [4.69, 9.17) is 5.73 Å². The van der Waals surface area contributed by atoms with E-state index in [-0.39, 0.29) is 6.04 Å². The van der Waals surface area contributed by atoms with Gasteiger partial charge in [0.05, 0.1) is 10.6 Å². The summed E-state index contributed by atoms with van der Waals surface area (Å²) < 4.78 is 0. The van der Waals surface area contributed by atoms with Crippen LogP contribution in [0.25, 0.3) is 10.9 Å². The van der Waals surface area contributed by atoms with Crippen molar-refractivity contribution in [2.45, 2.75) is 37.6 Å². The number of nitrogens with two attached hydrogens (primary N) is 1. The molecule has 4 N–H and O–H groups in total. The fourth-order valence-corrected chi connectivity index (χ4v) is 4.72. The fourth-order valence-electron chi connectivity index (χ4n) is 4.09. The summed E-state index contributed by atoms with van der Waals surface area (Å²) in [5.41, 5.74) is 9.30. The summed E-state index contributed by atoms with van der Waals surface area (Å²) in [5, 5.41) is 12.4. The molecule has 28 heavy (non-hydrogen) atoms. The van der Waals surface area contributed by atoms with Gasteiger partial charge in [0.2, 0.25) is 0 Å². The second-order valence-corrected chi connectivity index (χ2v) is 8.29. The molecule has 7 heteroatoms. The number of carbonyl (C=O) groups is 1. The third-order valence-corrected chi connectivity index (χ3v) is 6.60. The van der Waals surface area contributed by atoms with E-state index in [2.05, 4.69) is 22.2 Å². The molecule has 2 aromatic heterocycles. The first-order valence-electron chi connectivity index (χ1n) is 9.47. The van der Waals surface area contributed by atoms with Gasteiger partial charge in [-0.05, 0) is 60.7 Å². The van der Waals surface area contributed by atoms with Crippen LogP contribution < -0.4 is 5.73 Å². The average Bonchev–Trinajstić information content (AvgIpc) is 3.37. The Kier molecular flexibility index (Phi) is 5.09. The number of carboxylic acid groups (broad SMARTS) is 1. The standard InChI is InChI=1S/C21H24N4O2S/c1-25(21(26)27)15-7-4-13(5-8-15)17-12-23-18-11-14(6-9-16(17)18)24-20(22)19-3-2-10-28-19/h2-3,6,9-13,15,23H,4-5,7-8H2,1H3,(H2,22,24)(H,26,27). The van der Waals surface area contributed by atoms with E-state index < -0.39 is 6.09 Å². The van der Waals surface area contributed by atoms with Crippen molar-refractivity contribution in [2.24, 2.45) is 10.7 Å². The van der Waals surface area contributed by atoms with Gasteiger partial charge >= 0.3 is 6.09 Å². The highest BCUT2D eigenvalue weighted by molar-refractivity contribution is 7.12. The number of nitrogens with zero attached hydrogens (tertiary/aromatic N) is 2. The Bertz CT molecular complexity index is 1000. The van der Waals surface area contributed by atoms with Gasteiger partial charge < -0.3 is 20.7 Å².